The summed E-state index contributed by atoms with van der Waals surface area (Å²) in [5, 5.41) is 16.4. The summed E-state index contributed by atoms with van der Waals surface area (Å²) in [6.07, 6.45) is 0. The fraction of sp³-hybridized carbons (Fsp3) is 0.182. The maximum Gasteiger partial charge on any atom is 0.289 e. The smallest absolute Gasteiger partial charge is 0.263 e. The zero-order chi connectivity index (χ0) is 24.1. The average molecular weight is 486 g/mol. The first-order valence-corrected chi connectivity index (χ1v) is 11.7. The zero-order valence-electron chi connectivity index (χ0n) is 18.2. The molecule has 0 spiro atoms. The van der Waals surface area contributed by atoms with Crippen LogP contribution in [0, 0.1) is 37.8 Å². The molecule has 0 fully saturated rings. The fourth-order valence-corrected chi connectivity index (χ4v) is 4.92. The van der Waals surface area contributed by atoms with Gasteiger partial charge in [-0.15, -0.1) is 0 Å². The molecule has 0 radical (unpaired) electrons. The minimum atomic E-state index is -4.17. The van der Waals surface area contributed by atoms with Gasteiger partial charge in [0, 0.05) is 17.5 Å². The zero-order valence-corrected chi connectivity index (χ0v) is 19.8. The summed E-state index contributed by atoms with van der Waals surface area (Å²) in [5.74, 6) is 0.598. The molecule has 11 heteroatoms. The van der Waals surface area contributed by atoms with Crippen molar-refractivity contribution in [2.24, 2.45) is 0 Å². The molecule has 9 nitrogen and oxygen atoms in total. The topological polar surface area (TPSA) is 120 Å². The number of fused-ring (bicyclic) bond motifs is 1. The number of pyridine rings is 1. The summed E-state index contributed by atoms with van der Waals surface area (Å²) in [4.78, 5) is 14.9. The minimum Gasteiger partial charge on any atom is -0.263 e. The first-order chi connectivity index (χ1) is 15.5. The fourth-order valence-electron chi connectivity index (χ4n) is 3.68. The summed E-state index contributed by atoms with van der Waals surface area (Å²) in [6, 6.07) is 10.8. The summed E-state index contributed by atoms with van der Waals surface area (Å²) < 4.78 is 29.9. The molecular formula is C22H20ClN5O4S. The van der Waals surface area contributed by atoms with Crippen LogP contribution in [-0.4, -0.2) is 28.1 Å². The molecule has 0 aliphatic rings. The predicted octanol–water partition coefficient (Wildman–Crippen LogP) is 5.02. The van der Waals surface area contributed by atoms with Gasteiger partial charge in [-0.1, -0.05) is 23.2 Å². The molecule has 0 bridgehead atoms. The van der Waals surface area contributed by atoms with Crippen LogP contribution in [0.2, 0.25) is 5.02 Å². The second kappa shape index (κ2) is 8.13. The largest absolute Gasteiger partial charge is 0.289 e. The number of nitro benzene ring substituents is 1. The Labute approximate surface area is 195 Å². The molecule has 33 heavy (non-hydrogen) atoms. The number of hydrogen-bond donors (Lipinski definition) is 1. The van der Waals surface area contributed by atoms with Crippen LogP contribution in [0.3, 0.4) is 0 Å². The van der Waals surface area contributed by atoms with E-state index in [0.29, 0.717) is 11.5 Å². The Bertz CT molecular complexity index is 1550. The number of benzene rings is 2. The molecule has 0 saturated heterocycles. The average Bonchev–Trinajstić information content (AvgIpc) is 3.07. The highest BCUT2D eigenvalue weighted by atomic mass is 35.5. The van der Waals surface area contributed by atoms with Crippen LogP contribution in [0.4, 0.5) is 11.5 Å². The Balaban J connectivity index is 1.81. The molecular weight excluding hydrogens is 466 g/mol. The van der Waals surface area contributed by atoms with Crippen LogP contribution < -0.4 is 4.72 Å². The summed E-state index contributed by atoms with van der Waals surface area (Å²) >= 11 is 5.82. The maximum absolute atomic E-state index is 13.0. The van der Waals surface area contributed by atoms with Crippen molar-refractivity contribution in [3.8, 4) is 5.82 Å². The van der Waals surface area contributed by atoms with E-state index in [0.717, 1.165) is 33.7 Å². The number of nitrogens with zero attached hydrogens (tertiary/aromatic N) is 4. The molecule has 2 aromatic heterocycles. The molecule has 2 heterocycles. The van der Waals surface area contributed by atoms with E-state index in [4.69, 9.17) is 16.6 Å². The van der Waals surface area contributed by atoms with E-state index >= 15 is 0 Å². The van der Waals surface area contributed by atoms with Crippen molar-refractivity contribution >= 4 is 44.0 Å². The van der Waals surface area contributed by atoms with Gasteiger partial charge in [0.15, 0.2) is 5.82 Å². The van der Waals surface area contributed by atoms with E-state index in [2.05, 4.69) is 15.9 Å². The Morgan fingerprint density at radius 2 is 1.76 bits per heavy atom. The van der Waals surface area contributed by atoms with Gasteiger partial charge in [-0.2, -0.15) is 9.78 Å². The molecule has 1 N–H and O–H groups in total. The van der Waals surface area contributed by atoms with E-state index in [9.17, 15) is 18.5 Å². The number of nitro groups is 1. The van der Waals surface area contributed by atoms with Crippen molar-refractivity contribution in [2.75, 3.05) is 4.72 Å². The van der Waals surface area contributed by atoms with E-state index in [-0.39, 0.29) is 15.7 Å². The number of rotatable bonds is 5. The lowest BCUT2D eigenvalue weighted by atomic mass is 10.0. The number of sulfonamides is 1. The van der Waals surface area contributed by atoms with Crippen molar-refractivity contribution in [1.29, 1.82) is 0 Å². The first-order valence-electron chi connectivity index (χ1n) is 9.88. The van der Waals surface area contributed by atoms with Crippen LogP contribution in [0.5, 0.6) is 0 Å². The molecule has 170 valence electrons. The van der Waals surface area contributed by atoms with Gasteiger partial charge in [-0.3, -0.25) is 14.8 Å². The molecule has 0 unspecified atom stereocenters. The summed E-state index contributed by atoms with van der Waals surface area (Å²) in [5.41, 5.74) is 3.95. The third kappa shape index (κ3) is 4.27. The lowest BCUT2D eigenvalue weighted by Crippen LogP contribution is -2.16. The predicted molar refractivity (Wildman–Crippen MR) is 127 cm³/mol. The van der Waals surface area contributed by atoms with Crippen molar-refractivity contribution in [2.45, 2.75) is 32.6 Å². The van der Waals surface area contributed by atoms with Crippen LogP contribution in [0.1, 0.15) is 22.4 Å². The molecule has 4 aromatic rings. The molecule has 0 amide bonds. The summed E-state index contributed by atoms with van der Waals surface area (Å²) in [6.45, 7) is 7.67. The number of nitrogens with one attached hydrogen (secondary N) is 1. The second-order valence-electron chi connectivity index (χ2n) is 7.83. The van der Waals surface area contributed by atoms with Gasteiger partial charge in [0.2, 0.25) is 0 Å². The lowest BCUT2D eigenvalue weighted by Gasteiger charge is -2.13. The lowest BCUT2D eigenvalue weighted by molar-refractivity contribution is -0.384. The quantitative estimate of drug-likeness (QED) is 0.313. The van der Waals surface area contributed by atoms with Gasteiger partial charge < -0.3 is 0 Å². The van der Waals surface area contributed by atoms with E-state index in [1.807, 2.05) is 32.9 Å². The molecule has 2 aromatic carbocycles. The van der Waals surface area contributed by atoms with E-state index in [1.165, 1.54) is 16.8 Å². The molecule has 0 saturated carbocycles. The highest BCUT2D eigenvalue weighted by Crippen LogP contribution is 2.29. The first kappa shape index (κ1) is 22.7. The Morgan fingerprint density at radius 1 is 1.03 bits per heavy atom. The number of anilines is 1. The normalized spacial score (nSPS) is 11.7. The van der Waals surface area contributed by atoms with E-state index < -0.39 is 20.6 Å². The Morgan fingerprint density at radius 3 is 2.45 bits per heavy atom. The molecule has 0 aliphatic carbocycles. The van der Waals surface area contributed by atoms with Gasteiger partial charge in [0.25, 0.3) is 15.7 Å². The minimum absolute atomic E-state index is 0.152. The Kier molecular flexibility index (Phi) is 5.59. The molecule has 4 rings (SSSR count). The third-order valence-corrected chi connectivity index (χ3v) is 6.83. The van der Waals surface area contributed by atoms with Crippen LogP contribution in [0.15, 0.2) is 47.4 Å². The number of hydrogen-bond acceptors (Lipinski definition) is 6. The van der Waals surface area contributed by atoms with Gasteiger partial charge >= 0.3 is 0 Å². The molecule has 0 atom stereocenters. The monoisotopic (exact) mass is 485 g/mol. The van der Waals surface area contributed by atoms with Crippen molar-refractivity contribution < 1.29 is 13.3 Å². The standard InChI is InChI=1S/C22H20ClN5O4S/c1-12-7-14(3)22-17(8-12)13(2)9-20(24-22)27-21(10-15(4)25-27)26-33(31,32)16-5-6-18(23)19(11-16)28(29)30/h5-11,26H,1-4H3. The van der Waals surface area contributed by atoms with Crippen molar-refractivity contribution in [3.05, 3.63) is 80.0 Å². The maximum atomic E-state index is 13.0. The highest BCUT2D eigenvalue weighted by molar-refractivity contribution is 7.92. The summed E-state index contributed by atoms with van der Waals surface area (Å²) in [7, 11) is -4.17. The van der Waals surface area contributed by atoms with Crippen molar-refractivity contribution in [1.82, 2.24) is 14.8 Å². The van der Waals surface area contributed by atoms with Gasteiger partial charge in [-0.05, 0) is 63.1 Å². The second-order valence-corrected chi connectivity index (χ2v) is 9.92. The van der Waals surface area contributed by atoms with Crippen molar-refractivity contribution in [3.63, 3.8) is 0 Å². The van der Waals surface area contributed by atoms with Crippen LogP contribution in [-0.2, 0) is 10.0 Å². The van der Waals surface area contributed by atoms with Crippen LogP contribution >= 0.6 is 11.6 Å². The Hall–Kier alpha value is -3.50. The SMILES string of the molecule is Cc1cc(C)c2nc(-n3nc(C)cc3NS(=O)(=O)c3ccc(Cl)c([N+](=O)[O-])c3)cc(C)c2c1. The highest BCUT2D eigenvalue weighted by Gasteiger charge is 2.23. The van der Waals surface area contributed by atoms with Gasteiger partial charge in [0.1, 0.15) is 10.8 Å². The number of aryl methyl sites for hydroxylation is 4. The third-order valence-electron chi connectivity index (χ3n) is 5.15. The van der Waals surface area contributed by atoms with Gasteiger partial charge in [-0.25, -0.2) is 13.4 Å². The molecule has 0 aliphatic heterocycles. The number of aromatic nitrogens is 3. The van der Waals surface area contributed by atoms with Gasteiger partial charge in [0.05, 0.1) is 21.0 Å². The number of halogens is 1. The van der Waals surface area contributed by atoms with E-state index in [1.54, 1.807) is 13.0 Å². The van der Waals surface area contributed by atoms with Crippen LogP contribution in [0.25, 0.3) is 16.7 Å².